The van der Waals surface area contributed by atoms with Gasteiger partial charge in [0.05, 0.1) is 11.3 Å². The number of ketones is 2. The number of furan rings is 1. The topological polar surface area (TPSA) is 79.5 Å². The summed E-state index contributed by atoms with van der Waals surface area (Å²) in [4.78, 5) is 24.2. The van der Waals surface area contributed by atoms with Crippen LogP contribution in [0.5, 0.6) is 5.75 Å². The van der Waals surface area contributed by atoms with Crippen LogP contribution in [0, 0.1) is 6.92 Å². The molecule has 3 rings (SSSR count). The van der Waals surface area contributed by atoms with Crippen molar-refractivity contribution in [2.75, 3.05) is 6.54 Å². The van der Waals surface area contributed by atoms with Gasteiger partial charge < -0.3 is 14.8 Å². The fraction of sp³-hybridized carbons (Fsp3) is 0.176. The van der Waals surface area contributed by atoms with E-state index < -0.39 is 0 Å². The molecule has 22 heavy (non-hydrogen) atoms. The smallest absolute Gasteiger partial charge is 0.223 e. The molecule has 0 fully saturated rings. The molecule has 0 spiro atoms. The highest BCUT2D eigenvalue weighted by atomic mass is 16.3. The van der Waals surface area contributed by atoms with Gasteiger partial charge >= 0.3 is 0 Å². The van der Waals surface area contributed by atoms with E-state index in [9.17, 15) is 14.7 Å². The highest BCUT2D eigenvalue weighted by Gasteiger charge is 2.29. The lowest BCUT2D eigenvalue weighted by molar-refractivity contribution is 0.0961. The Balaban J connectivity index is 1.67. The summed E-state index contributed by atoms with van der Waals surface area (Å²) in [5.41, 5.74) is 1.63. The van der Waals surface area contributed by atoms with Crippen molar-refractivity contribution in [1.29, 1.82) is 0 Å². The summed E-state index contributed by atoms with van der Waals surface area (Å²) >= 11 is 0. The number of fused-ring (bicyclic) bond motifs is 1. The second kappa shape index (κ2) is 5.52. The van der Waals surface area contributed by atoms with Crippen LogP contribution in [0.3, 0.4) is 0 Å². The predicted molar refractivity (Wildman–Crippen MR) is 80.0 cm³/mol. The molecule has 0 saturated heterocycles. The maximum atomic E-state index is 12.3. The quantitative estimate of drug-likeness (QED) is 0.905. The number of carbonyl (C=O) groups is 2. The Morgan fingerprint density at radius 3 is 2.64 bits per heavy atom. The highest BCUT2D eigenvalue weighted by molar-refractivity contribution is 6.23. The minimum Gasteiger partial charge on any atom is -0.508 e. The van der Waals surface area contributed by atoms with E-state index in [1.807, 2.05) is 12.1 Å². The molecular weight excluding hydrogens is 282 g/mol. The first-order valence-electron chi connectivity index (χ1n) is 6.97. The van der Waals surface area contributed by atoms with Crippen LogP contribution in [0.4, 0.5) is 0 Å². The summed E-state index contributed by atoms with van der Waals surface area (Å²) < 4.78 is 5.26. The largest absolute Gasteiger partial charge is 0.508 e. The predicted octanol–water partition coefficient (Wildman–Crippen LogP) is 2.39. The van der Waals surface area contributed by atoms with Gasteiger partial charge in [0.25, 0.3) is 0 Å². The number of phenolic OH excluding ortho intramolecular Hbond substituents is 1. The zero-order chi connectivity index (χ0) is 15.7. The van der Waals surface area contributed by atoms with Crippen molar-refractivity contribution in [1.82, 2.24) is 5.32 Å². The van der Waals surface area contributed by atoms with Crippen molar-refractivity contribution >= 4 is 11.6 Å². The first-order valence-corrected chi connectivity index (χ1v) is 6.97. The lowest BCUT2D eigenvalue weighted by Gasteiger charge is -2.13. The van der Waals surface area contributed by atoms with Crippen LogP contribution < -0.4 is 5.32 Å². The van der Waals surface area contributed by atoms with Gasteiger partial charge in [0.15, 0.2) is 5.76 Å². The number of allylic oxidation sites excluding steroid dienone is 2. The molecule has 1 aliphatic rings. The van der Waals surface area contributed by atoms with Gasteiger partial charge in [0.2, 0.25) is 11.6 Å². The number of aryl methyl sites for hydroxylation is 1. The van der Waals surface area contributed by atoms with E-state index in [-0.39, 0.29) is 28.8 Å². The average molecular weight is 297 g/mol. The van der Waals surface area contributed by atoms with E-state index in [4.69, 9.17) is 4.42 Å². The molecule has 0 aliphatic heterocycles. The Labute approximate surface area is 127 Å². The van der Waals surface area contributed by atoms with Gasteiger partial charge in [-0.25, -0.2) is 0 Å². The molecule has 0 amide bonds. The number of rotatable bonds is 4. The van der Waals surface area contributed by atoms with Gasteiger partial charge in [-0.3, -0.25) is 9.59 Å². The maximum absolute atomic E-state index is 12.3. The van der Waals surface area contributed by atoms with Crippen LogP contribution >= 0.6 is 0 Å². The van der Waals surface area contributed by atoms with Crippen molar-refractivity contribution < 1.29 is 19.1 Å². The van der Waals surface area contributed by atoms with Crippen LogP contribution in [0.15, 0.2) is 46.5 Å². The third-order valence-corrected chi connectivity index (χ3v) is 3.51. The van der Waals surface area contributed by atoms with Gasteiger partial charge in [0.1, 0.15) is 11.5 Å². The third kappa shape index (κ3) is 2.65. The fourth-order valence-corrected chi connectivity index (χ4v) is 2.41. The van der Waals surface area contributed by atoms with Crippen LogP contribution in [0.2, 0.25) is 0 Å². The zero-order valence-corrected chi connectivity index (χ0v) is 12.1. The Hall–Kier alpha value is -2.82. The van der Waals surface area contributed by atoms with Gasteiger partial charge in [-0.1, -0.05) is 12.1 Å². The molecule has 1 aromatic carbocycles. The summed E-state index contributed by atoms with van der Waals surface area (Å²) in [7, 11) is 0. The molecule has 2 N–H and O–H groups in total. The zero-order valence-electron chi connectivity index (χ0n) is 12.1. The van der Waals surface area contributed by atoms with Crippen molar-refractivity contribution in [3.05, 3.63) is 64.8 Å². The van der Waals surface area contributed by atoms with E-state index >= 15 is 0 Å². The molecule has 112 valence electrons. The summed E-state index contributed by atoms with van der Waals surface area (Å²) in [6.45, 7) is 2.22. The number of hydrogen-bond donors (Lipinski definition) is 2. The Kier molecular flexibility index (Phi) is 3.55. The lowest BCUT2D eigenvalue weighted by Crippen LogP contribution is -2.27. The van der Waals surface area contributed by atoms with E-state index in [0.29, 0.717) is 24.3 Å². The molecule has 1 aliphatic carbocycles. The third-order valence-electron chi connectivity index (χ3n) is 3.51. The van der Waals surface area contributed by atoms with E-state index in [1.165, 1.54) is 6.08 Å². The molecule has 5 nitrogen and oxygen atoms in total. The monoisotopic (exact) mass is 297 g/mol. The number of benzene rings is 1. The summed E-state index contributed by atoms with van der Waals surface area (Å²) in [5.74, 6) is 0.361. The molecule has 5 heteroatoms. The number of aromatic hydroxyl groups is 1. The number of phenols is 1. The molecule has 0 unspecified atom stereocenters. The fourth-order valence-electron chi connectivity index (χ4n) is 2.41. The summed E-state index contributed by atoms with van der Waals surface area (Å²) in [5, 5.41) is 12.2. The number of Topliss-reactive ketones (excluding diaryl/α,β-unsaturated/α-hetero) is 1. The second-order valence-electron chi connectivity index (χ2n) is 5.19. The van der Waals surface area contributed by atoms with E-state index in [0.717, 1.165) is 5.56 Å². The summed E-state index contributed by atoms with van der Waals surface area (Å²) in [6.07, 6.45) is 1.96. The number of carbonyl (C=O) groups excluding carboxylic acids is 2. The van der Waals surface area contributed by atoms with Gasteiger partial charge in [-0.05, 0) is 37.1 Å². The summed E-state index contributed by atoms with van der Waals surface area (Å²) in [6, 6.07) is 8.45. The van der Waals surface area contributed by atoms with E-state index in [1.54, 1.807) is 25.1 Å². The van der Waals surface area contributed by atoms with Crippen molar-refractivity contribution in [3.8, 4) is 5.75 Å². The molecule has 0 bridgehead atoms. The number of nitrogens with one attached hydrogen (secondary N) is 1. The van der Waals surface area contributed by atoms with Crippen molar-refractivity contribution in [2.45, 2.75) is 13.3 Å². The molecule has 0 radical (unpaired) electrons. The maximum Gasteiger partial charge on any atom is 0.223 e. The van der Waals surface area contributed by atoms with Crippen LogP contribution in [0.1, 0.15) is 32.2 Å². The van der Waals surface area contributed by atoms with Crippen LogP contribution in [0.25, 0.3) is 0 Å². The normalized spacial score (nSPS) is 13.8. The Morgan fingerprint density at radius 2 is 1.91 bits per heavy atom. The second-order valence-corrected chi connectivity index (χ2v) is 5.19. The molecule has 2 aromatic rings. The van der Waals surface area contributed by atoms with Crippen LogP contribution in [-0.4, -0.2) is 23.2 Å². The number of hydrogen-bond acceptors (Lipinski definition) is 5. The molecule has 0 atom stereocenters. The van der Waals surface area contributed by atoms with Gasteiger partial charge in [-0.2, -0.15) is 0 Å². The minimum absolute atomic E-state index is 0.117. The standard InChI is InChI=1S/C17H15NO4/c1-10-8-13-16(21)14(9-15(20)17(13)22-10)18-7-6-11-2-4-12(19)5-3-11/h2-5,8-9,18-19H,6-7H2,1H3. The first kappa shape index (κ1) is 14.1. The van der Waals surface area contributed by atoms with Gasteiger partial charge in [0, 0.05) is 12.6 Å². The molecule has 0 saturated carbocycles. The molecule has 1 aromatic heterocycles. The van der Waals surface area contributed by atoms with Crippen molar-refractivity contribution in [3.63, 3.8) is 0 Å². The Bertz CT molecular complexity index is 768. The average Bonchev–Trinajstić information content (AvgIpc) is 2.89. The molecule has 1 heterocycles. The van der Waals surface area contributed by atoms with Crippen LogP contribution in [-0.2, 0) is 6.42 Å². The minimum atomic E-state index is -0.296. The Morgan fingerprint density at radius 1 is 1.18 bits per heavy atom. The van der Waals surface area contributed by atoms with Crippen molar-refractivity contribution in [2.24, 2.45) is 0 Å². The van der Waals surface area contributed by atoms with E-state index in [2.05, 4.69) is 5.32 Å². The van der Waals surface area contributed by atoms with Gasteiger partial charge in [-0.15, -0.1) is 0 Å². The molecular formula is C17H15NO4. The SMILES string of the molecule is Cc1cc2c(o1)C(=O)C=C(NCCc1ccc(O)cc1)C2=O. The highest BCUT2D eigenvalue weighted by Crippen LogP contribution is 2.23. The first-order chi connectivity index (χ1) is 10.5. The lowest BCUT2D eigenvalue weighted by atomic mass is 9.99.